The number of nitrogens with zero attached hydrogens (tertiary/aromatic N) is 1. The lowest BCUT2D eigenvalue weighted by Crippen LogP contribution is -2.52. The minimum absolute atomic E-state index is 0.0741. The first-order valence-corrected chi connectivity index (χ1v) is 9.76. The predicted octanol–water partition coefficient (Wildman–Crippen LogP) is 1.44. The Morgan fingerprint density at radius 1 is 1.25 bits per heavy atom. The van der Waals surface area contributed by atoms with E-state index in [1.807, 2.05) is 14.1 Å². The molecule has 4 N–H and O–H groups in total. The number of likely N-dealkylation sites (N-methyl/N-ethyl adjacent to an activating group) is 1. The smallest absolute Gasteiger partial charge is 0.319 e. The number of hydrogen-bond acceptors (Lipinski definition) is 5. The van der Waals surface area contributed by atoms with Gasteiger partial charge in [0.15, 0.2) is 0 Å². The quantitative estimate of drug-likeness (QED) is 0.517. The molecule has 0 unspecified atom stereocenters. The number of carbonyl (C=O) groups excluding carboxylic acids is 2. The molecule has 1 aliphatic rings. The standard InChI is InChI=1S/C19H29ClN4O4/c1-24(2)11-18(26)23-16-8-7-15(28-17(16)12-25)9-10-21-19(27)22-14-5-3-13(20)4-6-14/h3-6,15-17,25H,7-12H2,1-2H3,(H,23,26)(H2,21,22,27)/t15-,16+,17+/m1/s1. The van der Waals surface area contributed by atoms with E-state index in [0.717, 1.165) is 12.8 Å². The van der Waals surface area contributed by atoms with Crippen LogP contribution in [-0.4, -0.2) is 74.0 Å². The summed E-state index contributed by atoms with van der Waals surface area (Å²) in [5.74, 6) is -0.0870. The van der Waals surface area contributed by atoms with E-state index in [1.165, 1.54) is 0 Å². The Kier molecular flexibility index (Phi) is 8.98. The molecule has 1 heterocycles. The zero-order chi connectivity index (χ0) is 20.5. The zero-order valence-electron chi connectivity index (χ0n) is 16.3. The Labute approximate surface area is 170 Å². The summed E-state index contributed by atoms with van der Waals surface area (Å²) in [5, 5.41) is 18.6. The molecule has 0 saturated carbocycles. The molecular formula is C19H29ClN4O4. The van der Waals surface area contributed by atoms with Crippen molar-refractivity contribution in [1.82, 2.24) is 15.5 Å². The van der Waals surface area contributed by atoms with Crippen molar-refractivity contribution in [3.63, 3.8) is 0 Å². The van der Waals surface area contributed by atoms with Crippen molar-refractivity contribution in [1.29, 1.82) is 0 Å². The number of aliphatic hydroxyl groups excluding tert-OH is 1. The molecule has 3 atom stereocenters. The molecular weight excluding hydrogens is 384 g/mol. The van der Waals surface area contributed by atoms with Gasteiger partial charge in [-0.05, 0) is 57.6 Å². The number of amides is 3. The largest absolute Gasteiger partial charge is 0.394 e. The fourth-order valence-electron chi connectivity index (χ4n) is 3.10. The average molecular weight is 413 g/mol. The number of rotatable bonds is 8. The van der Waals surface area contributed by atoms with Crippen LogP contribution in [0.4, 0.5) is 10.5 Å². The van der Waals surface area contributed by atoms with E-state index in [9.17, 15) is 14.7 Å². The minimum atomic E-state index is -0.437. The van der Waals surface area contributed by atoms with Gasteiger partial charge in [0.1, 0.15) is 6.10 Å². The summed E-state index contributed by atoms with van der Waals surface area (Å²) in [7, 11) is 3.65. The van der Waals surface area contributed by atoms with Crippen molar-refractivity contribution in [2.75, 3.05) is 39.1 Å². The highest BCUT2D eigenvalue weighted by Gasteiger charge is 2.31. The van der Waals surface area contributed by atoms with Gasteiger partial charge in [-0.3, -0.25) is 4.79 Å². The van der Waals surface area contributed by atoms with Crippen LogP contribution in [0.15, 0.2) is 24.3 Å². The van der Waals surface area contributed by atoms with Gasteiger partial charge in [0, 0.05) is 17.3 Å². The second-order valence-electron chi connectivity index (χ2n) is 7.14. The van der Waals surface area contributed by atoms with Crippen molar-refractivity contribution in [3.8, 4) is 0 Å². The molecule has 156 valence electrons. The molecule has 8 nitrogen and oxygen atoms in total. The Morgan fingerprint density at radius 3 is 2.61 bits per heavy atom. The van der Waals surface area contributed by atoms with Crippen molar-refractivity contribution in [2.24, 2.45) is 0 Å². The molecule has 0 bridgehead atoms. The molecule has 2 rings (SSSR count). The Morgan fingerprint density at radius 2 is 1.96 bits per heavy atom. The topological polar surface area (TPSA) is 103 Å². The van der Waals surface area contributed by atoms with Gasteiger partial charge >= 0.3 is 6.03 Å². The second kappa shape index (κ2) is 11.2. The molecule has 1 aromatic rings. The fraction of sp³-hybridized carbons (Fsp3) is 0.579. The number of halogens is 1. The number of carbonyl (C=O) groups is 2. The Bertz CT molecular complexity index is 641. The SMILES string of the molecule is CN(C)CC(=O)N[C@H]1CC[C@H](CCNC(=O)Nc2ccc(Cl)cc2)O[C@H]1CO. The third-order valence-corrected chi connectivity index (χ3v) is 4.71. The van der Waals surface area contributed by atoms with Crippen LogP contribution in [0.5, 0.6) is 0 Å². The maximum atomic E-state index is 11.9. The van der Waals surface area contributed by atoms with Crippen molar-refractivity contribution >= 4 is 29.2 Å². The van der Waals surface area contributed by atoms with E-state index in [0.29, 0.717) is 30.2 Å². The van der Waals surface area contributed by atoms with E-state index in [1.54, 1.807) is 29.2 Å². The molecule has 0 aromatic heterocycles. The summed E-state index contributed by atoms with van der Waals surface area (Å²) in [6.45, 7) is 0.582. The van der Waals surface area contributed by atoms with Crippen LogP contribution in [0.3, 0.4) is 0 Å². The van der Waals surface area contributed by atoms with E-state index in [2.05, 4.69) is 16.0 Å². The van der Waals surface area contributed by atoms with Crippen LogP contribution >= 0.6 is 11.6 Å². The summed E-state index contributed by atoms with van der Waals surface area (Å²) in [6.07, 6.45) is 1.60. The van der Waals surface area contributed by atoms with Gasteiger partial charge in [0.2, 0.25) is 5.91 Å². The second-order valence-corrected chi connectivity index (χ2v) is 7.58. The summed E-state index contributed by atoms with van der Waals surface area (Å²) in [4.78, 5) is 25.7. The van der Waals surface area contributed by atoms with Gasteiger partial charge < -0.3 is 30.7 Å². The molecule has 9 heteroatoms. The van der Waals surface area contributed by atoms with Crippen molar-refractivity contribution in [3.05, 3.63) is 29.3 Å². The number of urea groups is 1. The highest BCUT2D eigenvalue weighted by Crippen LogP contribution is 2.21. The lowest BCUT2D eigenvalue weighted by molar-refractivity contribution is -0.129. The van der Waals surface area contributed by atoms with Gasteiger partial charge in [-0.2, -0.15) is 0 Å². The average Bonchev–Trinajstić information content (AvgIpc) is 2.64. The highest BCUT2D eigenvalue weighted by molar-refractivity contribution is 6.30. The number of benzene rings is 1. The maximum absolute atomic E-state index is 11.9. The van der Waals surface area contributed by atoms with Crippen LogP contribution in [0, 0.1) is 0 Å². The minimum Gasteiger partial charge on any atom is -0.394 e. The summed E-state index contributed by atoms with van der Waals surface area (Å²) < 4.78 is 5.90. The first kappa shape index (κ1) is 22.4. The molecule has 0 aliphatic carbocycles. The zero-order valence-corrected chi connectivity index (χ0v) is 17.0. The third-order valence-electron chi connectivity index (χ3n) is 4.46. The highest BCUT2D eigenvalue weighted by atomic mass is 35.5. The van der Waals surface area contributed by atoms with E-state index < -0.39 is 6.10 Å². The fourth-order valence-corrected chi connectivity index (χ4v) is 3.23. The van der Waals surface area contributed by atoms with Gasteiger partial charge in [0.05, 0.1) is 25.3 Å². The summed E-state index contributed by atoms with van der Waals surface area (Å²) in [5.41, 5.74) is 0.660. The molecule has 1 aliphatic heterocycles. The number of aliphatic hydroxyl groups is 1. The number of ether oxygens (including phenoxy) is 1. The van der Waals surface area contributed by atoms with Crippen LogP contribution in [0.2, 0.25) is 5.02 Å². The molecule has 1 saturated heterocycles. The van der Waals surface area contributed by atoms with Crippen LogP contribution < -0.4 is 16.0 Å². The van der Waals surface area contributed by atoms with Gasteiger partial charge in [-0.1, -0.05) is 11.6 Å². The lowest BCUT2D eigenvalue weighted by atomic mass is 9.97. The third kappa shape index (κ3) is 7.63. The lowest BCUT2D eigenvalue weighted by Gasteiger charge is -2.36. The molecule has 1 aromatic carbocycles. The van der Waals surface area contributed by atoms with Crippen LogP contribution in [-0.2, 0) is 9.53 Å². The van der Waals surface area contributed by atoms with Gasteiger partial charge in [0.25, 0.3) is 0 Å². The predicted molar refractivity (Wildman–Crippen MR) is 109 cm³/mol. The van der Waals surface area contributed by atoms with Gasteiger partial charge in [-0.15, -0.1) is 0 Å². The van der Waals surface area contributed by atoms with Crippen LogP contribution in [0.25, 0.3) is 0 Å². The summed E-state index contributed by atoms with van der Waals surface area (Å²) in [6, 6.07) is 6.36. The maximum Gasteiger partial charge on any atom is 0.319 e. The van der Waals surface area contributed by atoms with Crippen LogP contribution in [0.1, 0.15) is 19.3 Å². The van der Waals surface area contributed by atoms with Crippen molar-refractivity contribution < 1.29 is 19.4 Å². The number of anilines is 1. The Hall–Kier alpha value is -1.87. The molecule has 0 radical (unpaired) electrons. The normalized spacial score (nSPS) is 22.0. The number of nitrogens with one attached hydrogen (secondary N) is 3. The molecule has 28 heavy (non-hydrogen) atoms. The summed E-state index contributed by atoms with van der Waals surface area (Å²) >= 11 is 5.82. The van der Waals surface area contributed by atoms with E-state index in [-0.39, 0.29) is 30.7 Å². The first-order valence-electron chi connectivity index (χ1n) is 9.38. The Balaban J connectivity index is 1.70. The molecule has 0 spiro atoms. The van der Waals surface area contributed by atoms with E-state index in [4.69, 9.17) is 16.3 Å². The number of hydrogen-bond donors (Lipinski definition) is 4. The first-order chi connectivity index (χ1) is 13.4. The van der Waals surface area contributed by atoms with Gasteiger partial charge in [-0.25, -0.2) is 4.79 Å². The monoisotopic (exact) mass is 412 g/mol. The van der Waals surface area contributed by atoms with E-state index >= 15 is 0 Å². The molecule has 1 fully saturated rings. The molecule has 3 amide bonds. The van der Waals surface area contributed by atoms with Crippen molar-refractivity contribution in [2.45, 2.75) is 37.5 Å².